The molecule has 0 aliphatic carbocycles. The molecule has 3 nitrogen and oxygen atoms in total. The van der Waals surface area contributed by atoms with Gasteiger partial charge >= 0.3 is 0 Å². The summed E-state index contributed by atoms with van der Waals surface area (Å²) in [4.78, 5) is 8.08. The molecule has 0 amide bonds. The second-order valence-corrected chi connectivity index (χ2v) is 2.72. The number of hydrogen-bond acceptors (Lipinski definition) is 2. The summed E-state index contributed by atoms with van der Waals surface area (Å²) >= 11 is 3.26. The molecular formula is C6H4BrN3. The van der Waals surface area contributed by atoms with Crippen LogP contribution in [0.15, 0.2) is 29.4 Å². The van der Waals surface area contributed by atoms with Crippen molar-refractivity contribution in [2.24, 2.45) is 0 Å². The number of hydrogen-bond donors (Lipinski definition) is 0. The summed E-state index contributed by atoms with van der Waals surface area (Å²) in [5, 5.41) is 0. The normalized spacial score (nSPS) is 10.5. The molecule has 2 aromatic rings. The topological polar surface area (TPSA) is 30.2 Å². The van der Waals surface area contributed by atoms with Crippen LogP contribution in [0, 0.1) is 0 Å². The molecule has 0 unspecified atom stereocenters. The van der Waals surface area contributed by atoms with Crippen molar-refractivity contribution in [2.75, 3.05) is 0 Å². The second-order valence-electron chi connectivity index (χ2n) is 1.91. The zero-order chi connectivity index (χ0) is 6.97. The van der Waals surface area contributed by atoms with Gasteiger partial charge in [0.05, 0.1) is 0 Å². The highest BCUT2D eigenvalue weighted by Gasteiger charge is 1.94. The maximum atomic E-state index is 4.15. The summed E-state index contributed by atoms with van der Waals surface area (Å²) in [6, 6.07) is 1.85. The van der Waals surface area contributed by atoms with E-state index in [9.17, 15) is 0 Å². The Kier molecular flexibility index (Phi) is 1.20. The first-order chi connectivity index (χ1) is 4.86. The van der Waals surface area contributed by atoms with Gasteiger partial charge in [-0.3, -0.25) is 4.40 Å². The highest BCUT2D eigenvalue weighted by atomic mass is 79.9. The lowest BCUT2D eigenvalue weighted by Crippen LogP contribution is -1.81. The molecular weight excluding hydrogens is 194 g/mol. The molecule has 0 bridgehead atoms. The second kappa shape index (κ2) is 2.05. The zero-order valence-electron chi connectivity index (χ0n) is 5.03. The van der Waals surface area contributed by atoms with Crippen LogP contribution >= 0.6 is 15.9 Å². The fourth-order valence-corrected chi connectivity index (χ4v) is 1.22. The summed E-state index contributed by atoms with van der Waals surface area (Å²) in [6.07, 6.45) is 5.30. The average molecular weight is 198 g/mol. The van der Waals surface area contributed by atoms with Crippen molar-refractivity contribution in [2.45, 2.75) is 0 Å². The number of aromatic nitrogens is 3. The van der Waals surface area contributed by atoms with E-state index in [0.717, 1.165) is 10.3 Å². The molecule has 0 N–H and O–H groups in total. The largest absolute Gasteiger partial charge is 0.289 e. The molecule has 0 aromatic carbocycles. The third kappa shape index (κ3) is 0.806. The zero-order valence-corrected chi connectivity index (χ0v) is 6.62. The number of halogens is 1. The molecule has 0 aliphatic rings. The fourth-order valence-electron chi connectivity index (χ4n) is 0.813. The van der Waals surface area contributed by atoms with Crippen LogP contribution in [-0.4, -0.2) is 14.4 Å². The fraction of sp³-hybridized carbons (Fsp3) is 0. The first kappa shape index (κ1) is 5.85. The van der Waals surface area contributed by atoms with E-state index in [1.54, 1.807) is 12.5 Å². The Bertz CT molecular complexity index is 322. The molecule has 10 heavy (non-hydrogen) atoms. The highest BCUT2D eigenvalue weighted by Crippen LogP contribution is 2.08. The van der Waals surface area contributed by atoms with Crippen molar-refractivity contribution < 1.29 is 0 Å². The van der Waals surface area contributed by atoms with Gasteiger partial charge < -0.3 is 0 Å². The van der Waals surface area contributed by atoms with Gasteiger partial charge in [0, 0.05) is 12.4 Å². The van der Waals surface area contributed by atoms with Crippen LogP contribution in [0.4, 0.5) is 0 Å². The Morgan fingerprint density at radius 3 is 3.20 bits per heavy atom. The van der Waals surface area contributed by atoms with E-state index in [1.165, 1.54) is 0 Å². The van der Waals surface area contributed by atoms with Gasteiger partial charge in [0.15, 0.2) is 0 Å². The standard InChI is InChI=1S/C6H4BrN3/c7-5-3-10-4-8-2-1-6(10)9-5/h1-4H. The van der Waals surface area contributed by atoms with E-state index in [1.807, 2.05) is 16.7 Å². The van der Waals surface area contributed by atoms with Crippen LogP contribution < -0.4 is 0 Å². The van der Waals surface area contributed by atoms with Crippen molar-refractivity contribution in [1.29, 1.82) is 0 Å². The third-order valence-corrected chi connectivity index (χ3v) is 1.61. The smallest absolute Gasteiger partial charge is 0.140 e. The lowest BCUT2D eigenvalue weighted by atomic mass is 10.6. The van der Waals surface area contributed by atoms with Gasteiger partial charge in [-0.2, -0.15) is 0 Å². The van der Waals surface area contributed by atoms with E-state index in [2.05, 4.69) is 25.9 Å². The minimum absolute atomic E-state index is 0.834. The summed E-state index contributed by atoms with van der Waals surface area (Å²) in [5.74, 6) is 0. The Hall–Kier alpha value is -0.900. The average Bonchev–Trinajstić information content (AvgIpc) is 2.27. The van der Waals surface area contributed by atoms with Gasteiger partial charge in [-0.15, -0.1) is 0 Å². The van der Waals surface area contributed by atoms with Crippen molar-refractivity contribution >= 4 is 21.6 Å². The lowest BCUT2D eigenvalue weighted by molar-refractivity contribution is 1.09. The predicted molar refractivity (Wildman–Crippen MR) is 40.7 cm³/mol. The monoisotopic (exact) mass is 197 g/mol. The lowest BCUT2D eigenvalue weighted by Gasteiger charge is -1.85. The summed E-state index contributed by atoms with van der Waals surface area (Å²) in [5.41, 5.74) is 0.905. The Labute approximate surface area is 65.9 Å². The first-order valence-corrected chi connectivity index (χ1v) is 3.60. The quantitative estimate of drug-likeness (QED) is 0.641. The first-order valence-electron chi connectivity index (χ1n) is 2.80. The molecule has 0 fully saturated rings. The van der Waals surface area contributed by atoms with Gasteiger partial charge in [-0.05, 0) is 22.0 Å². The molecule has 2 rings (SSSR count). The molecule has 0 atom stereocenters. The van der Waals surface area contributed by atoms with Gasteiger partial charge in [-0.25, -0.2) is 9.97 Å². The summed E-state index contributed by atoms with van der Waals surface area (Å²) < 4.78 is 2.69. The minimum Gasteiger partial charge on any atom is -0.289 e. The van der Waals surface area contributed by atoms with E-state index in [4.69, 9.17) is 0 Å². The molecule has 0 saturated carbocycles. The van der Waals surface area contributed by atoms with Crippen LogP contribution in [0.1, 0.15) is 0 Å². The van der Waals surface area contributed by atoms with Crippen LogP contribution in [0.5, 0.6) is 0 Å². The Balaban J connectivity index is 2.88. The van der Waals surface area contributed by atoms with Crippen LogP contribution in [0.2, 0.25) is 0 Å². The van der Waals surface area contributed by atoms with E-state index >= 15 is 0 Å². The number of imidazole rings is 1. The van der Waals surface area contributed by atoms with Gasteiger partial charge in [0.25, 0.3) is 0 Å². The molecule has 50 valence electrons. The van der Waals surface area contributed by atoms with Crippen LogP contribution in [0.25, 0.3) is 5.65 Å². The predicted octanol–water partition coefficient (Wildman–Crippen LogP) is 1.49. The maximum Gasteiger partial charge on any atom is 0.140 e. The molecule has 2 aromatic heterocycles. The Morgan fingerprint density at radius 1 is 1.50 bits per heavy atom. The van der Waals surface area contributed by atoms with Crippen molar-refractivity contribution in [1.82, 2.24) is 14.4 Å². The maximum absolute atomic E-state index is 4.15. The molecule has 0 spiro atoms. The van der Waals surface area contributed by atoms with Crippen LogP contribution in [0.3, 0.4) is 0 Å². The molecule has 0 radical (unpaired) electrons. The van der Waals surface area contributed by atoms with Crippen molar-refractivity contribution in [3.8, 4) is 0 Å². The number of fused-ring (bicyclic) bond motifs is 1. The van der Waals surface area contributed by atoms with Crippen molar-refractivity contribution in [3.05, 3.63) is 29.4 Å². The van der Waals surface area contributed by atoms with Gasteiger partial charge in [-0.1, -0.05) is 0 Å². The number of rotatable bonds is 0. The molecule has 0 saturated heterocycles. The summed E-state index contributed by atoms with van der Waals surface area (Å²) in [7, 11) is 0. The van der Waals surface area contributed by atoms with E-state index in [0.29, 0.717) is 0 Å². The third-order valence-electron chi connectivity index (χ3n) is 1.23. The molecule has 0 aliphatic heterocycles. The van der Waals surface area contributed by atoms with Crippen molar-refractivity contribution in [3.63, 3.8) is 0 Å². The van der Waals surface area contributed by atoms with E-state index in [-0.39, 0.29) is 0 Å². The SMILES string of the molecule is Brc1cn2cnccc2n1. The van der Waals surface area contributed by atoms with Crippen LogP contribution in [-0.2, 0) is 0 Å². The molecule has 2 heterocycles. The summed E-state index contributed by atoms with van der Waals surface area (Å²) in [6.45, 7) is 0. The molecule has 4 heteroatoms. The van der Waals surface area contributed by atoms with E-state index < -0.39 is 0 Å². The minimum atomic E-state index is 0.834. The highest BCUT2D eigenvalue weighted by molar-refractivity contribution is 9.10. The Morgan fingerprint density at radius 2 is 2.40 bits per heavy atom. The van der Waals surface area contributed by atoms with Gasteiger partial charge in [0.1, 0.15) is 16.6 Å². The number of nitrogens with zero attached hydrogens (tertiary/aromatic N) is 3. The van der Waals surface area contributed by atoms with Gasteiger partial charge in [0.2, 0.25) is 0 Å².